The Bertz CT molecular complexity index is 952. The van der Waals surface area contributed by atoms with Gasteiger partial charge in [0.05, 0.1) is 17.0 Å². The van der Waals surface area contributed by atoms with Crippen LogP contribution in [0.15, 0.2) is 53.4 Å². The molecule has 142 valence electrons. The lowest BCUT2D eigenvalue weighted by atomic mass is 10.2. The van der Waals surface area contributed by atoms with Crippen LogP contribution in [-0.4, -0.2) is 49.1 Å². The normalized spacial score (nSPS) is 16.9. The average Bonchev–Trinajstić information content (AvgIpc) is 3.02. The third kappa shape index (κ3) is 4.03. The molecule has 8 nitrogen and oxygen atoms in total. The fraction of sp³-hybridized carbons (Fsp3) is 0.222. The predicted molar refractivity (Wildman–Crippen MR) is 94.2 cm³/mol. The van der Waals surface area contributed by atoms with Crippen molar-refractivity contribution < 1.29 is 32.6 Å². The molecule has 1 heterocycles. The summed E-state index contributed by atoms with van der Waals surface area (Å²) in [5, 5.41) is 8.86. The summed E-state index contributed by atoms with van der Waals surface area (Å²) in [6.07, 6.45) is -1.72. The molecule has 9 heteroatoms. The van der Waals surface area contributed by atoms with E-state index < -0.39 is 28.2 Å². The maximum absolute atomic E-state index is 12.6. The largest absolute Gasteiger partial charge is 0.490 e. The van der Waals surface area contributed by atoms with Crippen molar-refractivity contribution >= 4 is 22.1 Å². The van der Waals surface area contributed by atoms with Crippen molar-refractivity contribution in [1.82, 2.24) is 4.31 Å². The zero-order valence-corrected chi connectivity index (χ0v) is 15.2. The second-order valence-electron chi connectivity index (χ2n) is 6.00. The number of benzene rings is 2. The number of carboxylic acids is 1. The van der Waals surface area contributed by atoms with Crippen molar-refractivity contribution in [3.63, 3.8) is 0 Å². The quantitative estimate of drug-likeness (QED) is 0.804. The molecule has 1 fully saturated rings. The van der Waals surface area contributed by atoms with E-state index in [-0.39, 0.29) is 23.6 Å². The first kappa shape index (κ1) is 18.7. The van der Waals surface area contributed by atoms with Gasteiger partial charge in [0.2, 0.25) is 0 Å². The molecule has 1 amide bonds. The maximum Gasteiger partial charge on any atom is 0.424 e. The Balaban J connectivity index is 1.64. The van der Waals surface area contributed by atoms with Gasteiger partial charge in [0.25, 0.3) is 10.0 Å². The lowest BCUT2D eigenvalue weighted by Crippen LogP contribution is -2.33. The average molecular weight is 391 g/mol. The van der Waals surface area contributed by atoms with Crippen LogP contribution in [0.3, 0.4) is 0 Å². The summed E-state index contributed by atoms with van der Waals surface area (Å²) >= 11 is 0. The molecule has 0 aromatic heterocycles. The van der Waals surface area contributed by atoms with Crippen molar-refractivity contribution in [3.05, 3.63) is 59.7 Å². The molecule has 0 radical (unpaired) electrons. The molecule has 1 aliphatic heterocycles. The van der Waals surface area contributed by atoms with Gasteiger partial charge in [-0.3, -0.25) is 0 Å². The van der Waals surface area contributed by atoms with E-state index >= 15 is 0 Å². The van der Waals surface area contributed by atoms with Gasteiger partial charge in [-0.15, -0.1) is 0 Å². The fourth-order valence-corrected chi connectivity index (χ4v) is 3.84. The van der Waals surface area contributed by atoms with E-state index in [0.717, 1.165) is 5.56 Å². The molecule has 2 aromatic rings. The van der Waals surface area contributed by atoms with Gasteiger partial charge < -0.3 is 14.6 Å². The lowest BCUT2D eigenvalue weighted by molar-refractivity contribution is 0.0696. The van der Waals surface area contributed by atoms with E-state index in [9.17, 15) is 18.0 Å². The molecule has 0 bridgehead atoms. The molecule has 27 heavy (non-hydrogen) atoms. The molecule has 0 spiro atoms. The van der Waals surface area contributed by atoms with Crippen LogP contribution in [0.4, 0.5) is 4.79 Å². The van der Waals surface area contributed by atoms with Crippen LogP contribution < -0.4 is 4.74 Å². The van der Waals surface area contributed by atoms with Gasteiger partial charge >= 0.3 is 12.1 Å². The van der Waals surface area contributed by atoms with Gasteiger partial charge in [-0.25, -0.2) is 18.0 Å². The Kier molecular flexibility index (Phi) is 5.04. The summed E-state index contributed by atoms with van der Waals surface area (Å²) < 4.78 is 36.4. The number of sulfonamides is 1. The minimum atomic E-state index is -4.00. The maximum atomic E-state index is 12.6. The summed E-state index contributed by atoms with van der Waals surface area (Å²) in [5.74, 6) is -0.667. The Morgan fingerprint density at radius 3 is 2.41 bits per heavy atom. The van der Waals surface area contributed by atoms with Gasteiger partial charge in [-0.1, -0.05) is 17.7 Å². The van der Waals surface area contributed by atoms with Crippen molar-refractivity contribution in [3.8, 4) is 5.75 Å². The zero-order valence-electron chi connectivity index (χ0n) is 14.4. The van der Waals surface area contributed by atoms with E-state index in [1.165, 1.54) is 36.4 Å². The lowest BCUT2D eigenvalue weighted by Gasteiger charge is -2.14. The molecule has 1 N–H and O–H groups in total. The van der Waals surface area contributed by atoms with Crippen LogP contribution in [-0.2, 0) is 14.8 Å². The molecule has 3 rings (SSSR count). The number of amides is 1. The number of rotatable bonds is 6. The second-order valence-corrected chi connectivity index (χ2v) is 7.86. The van der Waals surface area contributed by atoms with Gasteiger partial charge in [0.1, 0.15) is 12.4 Å². The highest BCUT2D eigenvalue weighted by molar-refractivity contribution is 7.89. The van der Waals surface area contributed by atoms with Crippen molar-refractivity contribution in [1.29, 1.82) is 0 Å². The first-order chi connectivity index (χ1) is 12.8. The molecule has 1 aliphatic rings. The van der Waals surface area contributed by atoms with E-state index in [1.54, 1.807) is 12.1 Å². The van der Waals surface area contributed by atoms with E-state index in [0.29, 0.717) is 10.1 Å². The van der Waals surface area contributed by atoms with Crippen molar-refractivity contribution in [2.45, 2.75) is 17.9 Å². The molecule has 1 saturated heterocycles. The van der Waals surface area contributed by atoms with Gasteiger partial charge in [0.15, 0.2) is 6.10 Å². The molecular weight excluding hydrogens is 374 g/mol. The minimum absolute atomic E-state index is 0.0101. The Hall–Kier alpha value is -3.07. The summed E-state index contributed by atoms with van der Waals surface area (Å²) in [6.45, 7) is 1.61. The second kappa shape index (κ2) is 7.28. The first-order valence-electron chi connectivity index (χ1n) is 8.03. The zero-order chi connectivity index (χ0) is 19.6. The number of carbonyl (C=O) groups is 2. The van der Waals surface area contributed by atoms with Crippen LogP contribution in [0.5, 0.6) is 5.75 Å². The molecule has 0 saturated carbocycles. The number of ether oxygens (including phenoxy) is 2. The van der Waals surface area contributed by atoms with Crippen LogP contribution in [0, 0.1) is 6.92 Å². The number of aromatic carboxylic acids is 1. The number of hydrogen-bond donors (Lipinski definition) is 1. The SMILES string of the molecule is Cc1ccc(S(=O)(=O)N2CC(COc3ccc(C(=O)O)cc3)OC2=O)cc1. The predicted octanol–water partition coefficient (Wildman–Crippen LogP) is 2.28. The molecule has 2 aromatic carbocycles. The summed E-state index contributed by atoms with van der Waals surface area (Å²) in [5.41, 5.74) is 1.02. The third-order valence-electron chi connectivity index (χ3n) is 3.99. The van der Waals surface area contributed by atoms with Crippen LogP contribution >= 0.6 is 0 Å². The van der Waals surface area contributed by atoms with E-state index in [1.807, 2.05) is 6.92 Å². The Morgan fingerprint density at radius 1 is 1.19 bits per heavy atom. The first-order valence-corrected chi connectivity index (χ1v) is 9.47. The van der Waals surface area contributed by atoms with Gasteiger partial charge in [-0.05, 0) is 43.3 Å². The Labute approximate surface area is 156 Å². The number of nitrogens with zero attached hydrogens (tertiary/aromatic N) is 1. The molecule has 0 aliphatic carbocycles. The third-order valence-corrected chi connectivity index (χ3v) is 5.73. The summed E-state index contributed by atoms with van der Waals surface area (Å²) in [4.78, 5) is 22.8. The smallest absolute Gasteiger partial charge is 0.424 e. The fourth-order valence-electron chi connectivity index (χ4n) is 2.50. The van der Waals surface area contributed by atoms with E-state index in [2.05, 4.69) is 0 Å². The van der Waals surface area contributed by atoms with Gasteiger partial charge in [-0.2, -0.15) is 4.31 Å². The Morgan fingerprint density at radius 2 is 1.81 bits per heavy atom. The number of hydrogen-bond acceptors (Lipinski definition) is 6. The molecule has 1 atom stereocenters. The van der Waals surface area contributed by atoms with Crippen LogP contribution in [0.1, 0.15) is 15.9 Å². The standard InChI is InChI=1S/C18H17NO7S/c1-12-2-8-16(9-3-12)27(23,24)19-10-15(26-18(19)22)11-25-14-6-4-13(5-7-14)17(20)21/h2-9,15H,10-11H2,1H3,(H,20,21). The number of cyclic esters (lactones) is 1. The number of carbonyl (C=O) groups excluding carboxylic acids is 1. The van der Waals surface area contributed by atoms with Crippen LogP contribution in [0.2, 0.25) is 0 Å². The van der Waals surface area contributed by atoms with E-state index in [4.69, 9.17) is 14.6 Å². The number of aryl methyl sites for hydroxylation is 1. The van der Waals surface area contributed by atoms with Crippen molar-refractivity contribution in [2.75, 3.05) is 13.2 Å². The minimum Gasteiger partial charge on any atom is -0.490 e. The highest BCUT2D eigenvalue weighted by Crippen LogP contribution is 2.23. The van der Waals surface area contributed by atoms with Gasteiger partial charge in [0, 0.05) is 0 Å². The summed E-state index contributed by atoms with van der Waals surface area (Å²) in [7, 11) is -4.00. The highest BCUT2D eigenvalue weighted by atomic mass is 32.2. The molecule has 1 unspecified atom stereocenters. The monoisotopic (exact) mass is 391 g/mol. The summed E-state index contributed by atoms with van der Waals surface area (Å²) in [6, 6.07) is 11.9. The van der Waals surface area contributed by atoms with Crippen LogP contribution in [0.25, 0.3) is 0 Å². The van der Waals surface area contributed by atoms with Crippen molar-refractivity contribution in [2.24, 2.45) is 0 Å². The molecular formula is C18H17NO7S. The number of carboxylic acid groups (broad SMARTS) is 1. The topological polar surface area (TPSA) is 110 Å². The highest BCUT2D eigenvalue weighted by Gasteiger charge is 2.40.